The first-order chi connectivity index (χ1) is 18.1. The zero-order chi connectivity index (χ0) is 27.3. The minimum Gasteiger partial charge on any atom is -0.497 e. The summed E-state index contributed by atoms with van der Waals surface area (Å²) >= 11 is 6.11. The fraction of sp³-hybridized carbons (Fsp3) is 0.333. The van der Waals surface area contributed by atoms with E-state index in [4.69, 9.17) is 21.1 Å². The molecule has 0 amide bonds. The molecule has 3 aromatic carbocycles. The number of sulfonamides is 1. The molecule has 0 bridgehead atoms. The molecule has 0 aromatic heterocycles. The van der Waals surface area contributed by atoms with Gasteiger partial charge in [-0.05, 0) is 53.6 Å². The normalized spacial score (nSPS) is 16.3. The van der Waals surface area contributed by atoms with Crippen LogP contribution in [0.3, 0.4) is 0 Å². The van der Waals surface area contributed by atoms with Crippen LogP contribution in [0.25, 0.3) is 0 Å². The van der Waals surface area contributed by atoms with Gasteiger partial charge < -0.3 is 9.47 Å². The third-order valence-electron chi connectivity index (χ3n) is 6.36. The van der Waals surface area contributed by atoms with Crippen LogP contribution in [0.5, 0.6) is 5.75 Å². The molecule has 1 atom stereocenters. The summed E-state index contributed by atoms with van der Waals surface area (Å²) in [6.07, 6.45) is -4.96. The Balaban J connectivity index is 1.45. The molecular weight excluding hydrogens is 541 g/mol. The van der Waals surface area contributed by atoms with E-state index in [0.717, 1.165) is 23.3 Å². The van der Waals surface area contributed by atoms with Gasteiger partial charge in [0.15, 0.2) is 0 Å². The Morgan fingerprint density at radius 2 is 1.66 bits per heavy atom. The molecule has 0 N–H and O–H groups in total. The molecule has 6 nitrogen and oxygen atoms in total. The van der Waals surface area contributed by atoms with Crippen molar-refractivity contribution in [3.05, 3.63) is 94.5 Å². The third kappa shape index (κ3) is 7.06. The Morgan fingerprint density at radius 1 is 0.947 bits per heavy atom. The highest BCUT2D eigenvalue weighted by molar-refractivity contribution is 7.89. The maximum atomic E-state index is 13.1. The van der Waals surface area contributed by atoms with Gasteiger partial charge in [0, 0.05) is 37.7 Å². The second-order valence-corrected chi connectivity index (χ2v) is 11.3. The number of nitrogens with zero attached hydrogens (tertiary/aromatic N) is 2. The van der Waals surface area contributed by atoms with E-state index in [0.29, 0.717) is 43.1 Å². The number of rotatable bonds is 9. The van der Waals surface area contributed by atoms with Crippen LogP contribution in [0.4, 0.5) is 13.2 Å². The quantitative estimate of drug-likeness (QED) is 0.335. The molecule has 3 aromatic rings. The minimum atomic E-state index is -4.62. The predicted octanol–water partition coefficient (Wildman–Crippen LogP) is 5.63. The average Bonchev–Trinajstić information content (AvgIpc) is 2.91. The Bertz CT molecular complexity index is 1350. The van der Waals surface area contributed by atoms with Crippen molar-refractivity contribution in [2.45, 2.75) is 23.8 Å². The van der Waals surface area contributed by atoms with Gasteiger partial charge in [0.1, 0.15) is 5.75 Å². The van der Waals surface area contributed by atoms with Crippen molar-refractivity contribution in [1.29, 1.82) is 0 Å². The van der Waals surface area contributed by atoms with E-state index >= 15 is 0 Å². The van der Waals surface area contributed by atoms with E-state index in [9.17, 15) is 21.6 Å². The molecule has 0 saturated carbocycles. The van der Waals surface area contributed by atoms with Crippen molar-refractivity contribution >= 4 is 21.6 Å². The Labute approximate surface area is 225 Å². The largest absolute Gasteiger partial charge is 0.497 e. The molecule has 38 heavy (non-hydrogen) atoms. The van der Waals surface area contributed by atoms with Gasteiger partial charge in [0.2, 0.25) is 10.0 Å². The van der Waals surface area contributed by atoms with Gasteiger partial charge in [0.05, 0.1) is 30.3 Å². The number of methoxy groups -OCH3 is 1. The third-order valence-corrected chi connectivity index (χ3v) is 8.49. The van der Waals surface area contributed by atoms with Crippen LogP contribution in [-0.2, 0) is 27.5 Å². The summed E-state index contributed by atoms with van der Waals surface area (Å²) in [4.78, 5) is 1.72. The van der Waals surface area contributed by atoms with Gasteiger partial charge in [-0.3, -0.25) is 4.90 Å². The molecule has 0 aliphatic carbocycles. The maximum Gasteiger partial charge on any atom is 0.416 e. The lowest BCUT2D eigenvalue weighted by molar-refractivity contribution is -0.137. The first-order valence-corrected chi connectivity index (χ1v) is 13.8. The van der Waals surface area contributed by atoms with E-state index < -0.39 is 21.8 Å². The number of halogens is 4. The molecule has 1 saturated heterocycles. The van der Waals surface area contributed by atoms with Gasteiger partial charge in [0.25, 0.3) is 0 Å². The van der Waals surface area contributed by atoms with Crippen molar-refractivity contribution in [1.82, 2.24) is 9.21 Å². The summed E-state index contributed by atoms with van der Waals surface area (Å²) in [5, 5.41) is 0.613. The highest BCUT2D eigenvalue weighted by atomic mass is 35.5. The van der Waals surface area contributed by atoms with Crippen molar-refractivity contribution in [2.75, 3.05) is 39.8 Å². The van der Waals surface area contributed by atoms with E-state index in [1.165, 1.54) is 10.4 Å². The average molecular weight is 569 g/mol. The highest BCUT2D eigenvalue weighted by Crippen LogP contribution is 2.31. The predicted molar refractivity (Wildman–Crippen MR) is 139 cm³/mol. The number of alkyl halides is 3. The minimum absolute atomic E-state index is 0.150. The second-order valence-electron chi connectivity index (χ2n) is 8.94. The first kappa shape index (κ1) is 28.4. The zero-order valence-electron chi connectivity index (χ0n) is 20.7. The fourth-order valence-corrected chi connectivity index (χ4v) is 5.97. The molecule has 11 heteroatoms. The number of hydrogen-bond acceptors (Lipinski definition) is 5. The molecule has 0 radical (unpaired) electrons. The van der Waals surface area contributed by atoms with E-state index in [2.05, 4.69) is 4.90 Å². The lowest BCUT2D eigenvalue weighted by Crippen LogP contribution is -2.49. The van der Waals surface area contributed by atoms with Crippen LogP contribution in [0.1, 0.15) is 22.8 Å². The van der Waals surface area contributed by atoms with Crippen LogP contribution < -0.4 is 4.74 Å². The standard InChI is InChI=1S/C27H28ClF3N2O4S/c1-36-24-9-3-6-21(16-24)26(37-19-20-5-2-8-23(28)15-20)18-32-11-13-33(14-12-32)38(34,35)25-10-4-7-22(17-25)27(29,30)31/h2-10,15-17,26H,11-14,18-19H2,1H3/t26-/m0/s1. The van der Waals surface area contributed by atoms with Crippen LogP contribution >= 0.6 is 11.6 Å². The molecule has 1 aliphatic rings. The number of benzene rings is 3. The van der Waals surface area contributed by atoms with Crippen molar-refractivity contribution < 1.29 is 31.1 Å². The smallest absolute Gasteiger partial charge is 0.416 e. The van der Waals surface area contributed by atoms with Gasteiger partial charge in [-0.25, -0.2) is 8.42 Å². The van der Waals surface area contributed by atoms with Gasteiger partial charge in [-0.1, -0.05) is 41.9 Å². The number of piperazine rings is 1. The Kier molecular flexibility index (Phi) is 9.00. The van der Waals surface area contributed by atoms with E-state index in [1.807, 2.05) is 42.5 Å². The van der Waals surface area contributed by atoms with Gasteiger partial charge >= 0.3 is 6.18 Å². The van der Waals surface area contributed by atoms with E-state index in [1.54, 1.807) is 13.2 Å². The molecule has 1 aliphatic heterocycles. The summed E-state index contributed by atoms with van der Waals surface area (Å²) < 4.78 is 78.3. The van der Waals surface area contributed by atoms with Crippen molar-refractivity contribution in [3.8, 4) is 5.75 Å². The second kappa shape index (κ2) is 12.0. The highest BCUT2D eigenvalue weighted by Gasteiger charge is 2.34. The molecule has 204 valence electrons. The number of ether oxygens (including phenoxy) is 2. The van der Waals surface area contributed by atoms with Crippen LogP contribution in [0, 0.1) is 0 Å². The van der Waals surface area contributed by atoms with Crippen LogP contribution in [0.15, 0.2) is 77.7 Å². The Morgan fingerprint density at radius 3 is 2.34 bits per heavy atom. The Hall–Kier alpha value is -2.63. The van der Waals surface area contributed by atoms with Gasteiger partial charge in [-0.2, -0.15) is 17.5 Å². The molecule has 1 fully saturated rings. The van der Waals surface area contributed by atoms with Crippen LogP contribution in [0.2, 0.25) is 5.02 Å². The van der Waals surface area contributed by atoms with E-state index in [-0.39, 0.29) is 24.1 Å². The van der Waals surface area contributed by atoms with Crippen LogP contribution in [-0.4, -0.2) is 57.5 Å². The molecule has 1 heterocycles. The molecule has 4 rings (SSSR count). The monoisotopic (exact) mass is 568 g/mol. The van der Waals surface area contributed by atoms with Crippen molar-refractivity contribution in [3.63, 3.8) is 0 Å². The summed E-state index contributed by atoms with van der Waals surface area (Å²) in [6.45, 7) is 1.92. The first-order valence-electron chi connectivity index (χ1n) is 12.0. The maximum absolute atomic E-state index is 13.1. The topological polar surface area (TPSA) is 59.1 Å². The summed E-state index contributed by atoms with van der Waals surface area (Å²) in [6, 6.07) is 18.8. The lowest BCUT2D eigenvalue weighted by Gasteiger charge is -2.36. The SMILES string of the molecule is COc1cccc([C@H](CN2CCN(S(=O)(=O)c3cccc(C(F)(F)F)c3)CC2)OCc2cccc(Cl)c2)c1. The van der Waals surface area contributed by atoms with Crippen molar-refractivity contribution in [2.24, 2.45) is 0 Å². The zero-order valence-corrected chi connectivity index (χ0v) is 22.3. The summed E-state index contributed by atoms with van der Waals surface area (Å²) in [5.41, 5.74) is 0.836. The molecule has 0 spiro atoms. The number of hydrogen-bond donors (Lipinski definition) is 0. The summed E-state index contributed by atoms with van der Waals surface area (Å²) in [5.74, 6) is 0.691. The molecule has 0 unspecified atom stereocenters. The summed E-state index contributed by atoms with van der Waals surface area (Å²) in [7, 11) is -2.47. The van der Waals surface area contributed by atoms with Gasteiger partial charge in [-0.15, -0.1) is 0 Å². The lowest BCUT2D eigenvalue weighted by atomic mass is 10.1. The molecular formula is C27H28ClF3N2O4S. The fourth-order valence-electron chi connectivity index (χ4n) is 4.29.